The zero-order valence-corrected chi connectivity index (χ0v) is 12.9. The lowest BCUT2D eigenvalue weighted by atomic mass is 10.2. The minimum atomic E-state index is -0.366. The fourth-order valence-corrected chi connectivity index (χ4v) is 1.62. The van der Waals surface area contributed by atoms with Crippen molar-refractivity contribution in [3.05, 3.63) is 11.4 Å². The van der Waals surface area contributed by atoms with Gasteiger partial charge in [-0.15, -0.1) is 0 Å². The van der Waals surface area contributed by atoms with Gasteiger partial charge in [0.2, 0.25) is 5.91 Å². The molecule has 0 aliphatic heterocycles. The summed E-state index contributed by atoms with van der Waals surface area (Å²) in [4.78, 5) is 20.6. The molecule has 1 amide bonds. The SMILES string of the molecule is CCCNC(=O)C(C)Nc1nc(C(C)C)nc(N)c1C. The van der Waals surface area contributed by atoms with Crippen LogP contribution in [0.15, 0.2) is 0 Å². The number of amides is 1. The molecule has 1 rings (SSSR count). The second kappa shape index (κ2) is 7.07. The third kappa shape index (κ3) is 4.08. The highest BCUT2D eigenvalue weighted by molar-refractivity contribution is 5.84. The van der Waals surface area contributed by atoms with Crippen LogP contribution in [0, 0.1) is 6.92 Å². The number of carbonyl (C=O) groups excluding carboxylic acids is 1. The van der Waals surface area contributed by atoms with Crippen LogP contribution in [-0.4, -0.2) is 28.5 Å². The normalized spacial score (nSPS) is 12.3. The Morgan fingerprint density at radius 2 is 1.95 bits per heavy atom. The van der Waals surface area contributed by atoms with Gasteiger partial charge in [0, 0.05) is 18.0 Å². The number of carbonyl (C=O) groups is 1. The number of nitrogens with one attached hydrogen (secondary N) is 2. The summed E-state index contributed by atoms with van der Waals surface area (Å²) in [5, 5.41) is 5.96. The molecule has 0 aliphatic carbocycles. The van der Waals surface area contributed by atoms with E-state index in [-0.39, 0.29) is 17.9 Å². The molecular formula is C14H25N5O. The van der Waals surface area contributed by atoms with Gasteiger partial charge in [-0.1, -0.05) is 20.8 Å². The van der Waals surface area contributed by atoms with Gasteiger partial charge in [0.25, 0.3) is 0 Å². The molecule has 20 heavy (non-hydrogen) atoms. The second-order valence-corrected chi connectivity index (χ2v) is 5.25. The Labute approximate surface area is 120 Å². The van der Waals surface area contributed by atoms with Gasteiger partial charge < -0.3 is 16.4 Å². The van der Waals surface area contributed by atoms with E-state index in [0.29, 0.717) is 24.0 Å². The molecule has 1 aromatic heterocycles. The van der Waals surface area contributed by atoms with Crippen molar-refractivity contribution in [3.63, 3.8) is 0 Å². The van der Waals surface area contributed by atoms with E-state index in [0.717, 1.165) is 12.0 Å². The van der Waals surface area contributed by atoms with Gasteiger partial charge in [-0.25, -0.2) is 9.97 Å². The number of nitrogens with two attached hydrogens (primary N) is 1. The average molecular weight is 279 g/mol. The summed E-state index contributed by atoms with van der Waals surface area (Å²) < 4.78 is 0. The van der Waals surface area contributed by atoms with Crippen molar-refractivity contribution in [1.82, 2.24) is 15.3 Å². The Balaban J connectivity index is 2.88. The van der Waals surface area contributed by atoms with Gasteiger partial charge in [-0.05, 0) is 20.3 Å². The maximum atomic E-state index is 11.9. The van der Waals surface area contributed by atoms with E-state index in [9.17, 15) is 4.79 Å². The summed E-state index contributed by atoms with van der Waals surface area (Å²) >= 11 is 0. The van der Waals surface area contributed by atoms with Gasteiger partial charge in [-0.3, -0.25) is 4.79 Å². The van der Waals surface area contributed by atoms with Crippen LogP contribution in [0.2, 0.25) is 0 Å². The molecule has 1 unspecified atom stereocenters. The van der Waals surface area contributed by atoms with Crippen molar-refractivity contribution in [2.45, 2.75) is 53.0 Å². The molecule has 1 aromatic rings. The van der Waals surface area contributed by atoms with Crippen molar-refractivity contribution in [2.75, 3.05) is 17.6 Å². The molecule has 1 heterocycles. The molecule has 0 aromatic carbocycles. The van der Waals surface area contributed by atoms with Gasteiger partial charge in [0.15, 0.2) is 0 Å². The van der Waals surface area contributed by atoms with Crippen LogP contribution in [-0.2, 0) is 4.79 Å². The molecule has 1 atom stereocenters. The Hall–Kier alpha value is -1.85. The quantitative estimate of drug-likeness (QED) is 0.738. The van der Waals surface area contributed by atoms with E-state index in [4.69, 9.17) is 5.73 Å². The lowest BCUT2D eigenvalue weighted by Crippen LogP contribution is -2.38. The van der Waals surface area contributed by atoms with Crippen molar-refractivity contribution in [2.24, 2.45) is 0 Å². The van der Waals surface area contributed by atoms with E-state index < -0.39 is 0 Å². The lowest BCUT2D eigenvalue weighted by Gasteiger charge is -2.18. The van der Waals surface area contributed by atoms with Gasteiger partial charge in [0.05, 0.1) is 0 Å². The lowest BCUT2D eigenvalue weighted by molar-refractivity contribution is -0.121. The van der Waals surface area contributed by atoms with E-state index in [1.165, 1.54) is 0 Å². The van der Waals surface area contributed by atoms with Crippen molar-refractivity contribution < 1.29 is 4.79 Å². The molecule has 0 saturated heterocycles. The molecule has 0 bridgehead atoms. The van der Waals surface area contributed by atoms with E-state index in [1.54, 1.807) is 6.92 Å². The van der Waals surface area contributed by atoms with Crippen molar-refractivity contribution in [1.29, 1.82) is 0 Å². The van der Waals surface area contributed by atoms with Gasteiger partial charge in [0.1, 0.15) is 23.5 Å². The Morgan fingerprint density at radius 3 is 2.50 bits per heavy atom. The largest absolute Gasteiger partial charge is 0.383 e. The first-order valence-corrected chi connectivity index (χ1v) is 7.05. The summed E-state index contributed by atoms with van der Waals surface area (Å²) in [6.07, 6.45) is 0.912. The van der Waals surface area contributed by atoms with Crippen LogP contribution in [0.1, 0.15) is 51.4 Å². The average Bonchev–Trinajstić information content (AvgIpc) is 2.40. The summed E-state index contributed by atoms with van der Waals surface area (Å²) in [6, 6.07) is -0.366. The topological polar surface area (TPSA) is 92.9 Å². The summed E-state index contributed by atoms with van der Waals surface area (Å²) in [6.45, 7) is 10.3. The number of hydrogen-bond donors (Lipinski definition) is 3. The van der Waals surface area contributed by atoms with Crippen LogP contribution in [0.5, 0.6) is 0 Å². The third-order valence-electron chi connectivity index (χ3n) is 3.01. The van der Waals surface area contributed by atoms with Gasteiger partial charge in [-0.2, -0.15) is 0 Å². The summed E-state index contributed by atoms with van der Waals surface area (Å²) in [5.41, 5.74) is 6.67. The van der Waals surface area contributed by atoms with Crippen LogP contribution in [0.4, 0.5) is 11.6 Å². The van der Waals surface area contributed by atoms with E-state index in [1.807, 2.05) is 27.7 Å². The van der Waals surface area contributed by atoms with Crippen LogP contribution < -0.4 is 16.4 Å². The molecule has 0 spiro atoms. The minimum Gasteiger partial charge on any atom is -0.383 e. The number of nitrogens with zero attached hydrogens (tertiary/aromatic N) is 2. The smallest absolute Gasteiger partial charge is 0.242 e. The third-order valence-corrected chi connectivity index (χ3v) is 3.01. The molecule has 4 N–H and O–H groups in total. The highest BCUT2D eigenvalue weighted by Gasteiger charge is 2.16. The van der Waals surface area contributed by atoms with Crippen LogP contribution in [0.3, 0.4) is 0 Å². The molecular weight excluding hydrogens is 254 g/mol. The second-order valence-electron chi connectivity index (χ2n) is 5.25. The monoisotopic (exact) mass is 279 g/mol. The van der Waals surface area contributed by atoms with Crippen molar-refractivity contribution in [3.8, 4) is 0 Å². The van der Waals surface area contributed by atoms with Gasteiger partial charge >= 0.3 is 0 Å². The zero-order valence-electron chi connectivity index (χ0n) is 12.9. The zero-order chi connectivity index (χ0) is 15.3. The molecule has 0 aliphatic rings. The highest BCUT2D eigenvalue weighted by Crippen LogP contribution is 2.21. The number of hydrogen-bond acceptors (Lipinski definition) is 5. The summed E-state index contributed by atoms with van der Waals surface area (Å²) in [5.74, 6) is 1.89. The first-order chi connectivity index (χ1) is 9.36. The first kappa shape index (κ1) is 16.2. The van der Waals surface area contributed by atoms with Crippen LogP contribution in [0.25, 0.3) is 0 Å². The molecule has 0 radical (unpaired) electrons. The molecule has 0 saturated carbocycles. The number of rotatable bonds is 6. The number of nitrogen functional groups attached to an aromatic ring is 1. The summed E-state index contributed by atoms with van der Waals surface area (Å²) in [7, 11) is 0. The van der Waals surface area contributed by atoms with E-state index in [2.05, 4.69) is 20.6 Å². The maximum absolute atomic E-state index is 11.9. The predicted octanol–water partition coefficient (Wildman–Crippen LogP) is 1.82. The number of aromatic nitrogens is 2. The minimum absolute atomic E-state index is 0.0467. The number of anilines is 2. The molecule has 6 heteroatoms. The first-order valence-electron chi connectivity index (χ1n) is 7.05. The Morgan fingerprint density at radius 1 is 1.30 bits per heavy atom. The van der Waals surface area contributed by atoms with E-state index >= 15 is 0 Å². The molecule has 6 nitrogen and oxygen atoms in total. The fourth-order valence-electron chi connectivity index (χ4n) is 1.62. The molecule has 0 fully saturated rings. The van der Waals surface area contributed by atoms with Crippen molar-refractivity contribution >= 4 is 17.5 Å². The standard InChI is InChI=1S/C14H25N5O/c1-6-7-16-14(20)10(5)17-13-9(4)11(15)18-12(19-13)8(2)3/h8,10H,6-7H2,1-5H3,(H,16,20)(H3,15,17,18,19). The molecule has 112 valence electrons. The highest BCUT2D eigenvalue weighted by atomic mass is 16.2. The Kier molecular flexibility index (Phi) is 5.73. The maximum Gasteiger partial charge on any atom is 0.242 e. The predicted molar refractivity (Wildman–Crippen MR) is 81.7 cm³/mol. The van der Waals surface area contributed by atoms with Crippen LogP contribution >= 0.6 is 0 Å². The Bertz CT molecular complexity index is 473. The fraction of sp³-hybridized carbons (Fsp3) is 0.643.